The number of nitrogens with zero attached hydrogens (tertiary/aromatic N) is 3. The summed E-state index contributed by atoms with van der Waals surface area (Å²) in [6.07, 6.45) is 0. The van der Waals surface area contributed by atoms with Crippen LogP contribution in [-0.4, -0.2) is 23.9 Å². The van der Waals surface area contributed by atoms with Gasteiger partial charge in [0.1, 0.15) is 11.6 Å². The molecule has 0 amide bonds. The second-order valence-corrected chi connectivity index (χ2v) is 5.12. The first-order valence-corrected chi connectivity index (χ1v) is 7.02. The Morgan fingerprint density at radius 1 is 1.30 bits per heavy atom. The molecule has 0 saturated heterocycles. The van der Waals surface area contributed by atoms with E-state index in [9.17, 15) is 0 Å². The Morgan fingerprint density at radius 2 is 1.95 bits per heavy atom. The standard InChI is InChI=1S/C15H20ClN3O/c1-11-14(9-16)15(19(3)17-11)18(2)10-12-5-7-13(20-4)8-6-12/h5-8H,9-10H2,1-4H3. The van der Waals surface area contributed by atoms with Gasteiger partial charge < -0.3 is 9.64 Å². The zero-order valence-electron chi connectivity index (χ0n) is 12.4. The van der Waals surface area contributed by atoms with Crippen molar-refractivity contribution in [3.8, 4) is 5.75 Å². The second kappa shape index (κ2) is 6.18. The smallest absolute Gasteiger partial charge is 0.131 e. The topological polar surface area (TPSA) is 30.3 Å². The van der Waals surface area contributed by atoms with Crippen molar-refractivity contribution >= 4 is 17.4 Å². The van der Waals surface area contributed by atoms with E-state index >= 15 is 0 Å². The van der Waals surface area contributed by atoms with E-state index in [0.717, 1.165) is 29.4 Å². The van der Waals surface area contributed by atoms with Gasteiger partial charge in [-0.2, -0.15) is 5.10 Å². The predicted octanol–water partition coefficient (Wildman–Crippen LogP) is 3.11. The molecule has 0 aliphatic rings. The van der Waals surface area contributed by atoms with Gasteiger partial charge in [-0.3, -0.25) is 4.68 Å². The largest absolute Gasteiger partial charge is 0.497 e. The number of alkyl halides is 1. The number of halogens is 1. The van der Waals surface area contributed by atoms with Crippen molar-refractivity contribution in [3.05, 3.63) is 41.1 Å². The molecule has 1 heterocycles. The van der Waals surface area contributed by atoms with E-state index in [-0.39, 0.29) is 0 Å². The number of aryl methyl sites for hydroxylation is 2. The number of anilines is 1. The van der Waals surface area contributed by atoms with Crippen LogP contribution in [0.1, 0.15) is 16.8 Å². The van der Waals surface area contributed by atoms with E-state index < -0.39 is 0 Å². The first-order valence-electron chi connectivity index (χ1n) is 6.49. The minimum Gasteiger partial charge on any atom is -0.497 e. The highest BCUT2D eigenvalue weighted by molar-refractivity contribution is 6.17. The Hall–Kier alpha value is -1.68. The molecule has 2 aromatic rings. The van der Waals surface area contributed by atoms with Crippen LogP contribution in [0.3, 0.4) is 0 Å². The highest BCUT2D eigenvalue weighted by atomic mass is 35.5. The summed E-state index contributed by atoms with van der Waals surface area (Å²) in [6, 6.07) is 8.08. The van der Waals surface area contributed by atoms with Gasteiger partial charge >= 0.3 is 0 Å². The van der Waals surface area contributed by atoms with E-state index in [0.29, 0.717) is 5.88 Å². The van der Waals surface area contributed by atoms with Crippen molar-refractivity contribution in [3.63, 3.8) is 0 Å². The number of benzene rings is 1. The van der Waals surface area contributed by atoms with Crippen molar-refractivity contribution in [2.45, 2.75) is 19.3 Å². The monoisotopic (exact) mass is 293 g/mol. The van der Waals surface area contributed by atoms with Crippen molar-refractivity contribution in [2.75, 3.05) is 19.1 Å². The minimum absolute atomic E-state index is 0.474. The number of hydrogen-bond donors (Lipinski definition) is 0. The van der Waals surface area contributed by atoms with Crippen LogP contribution in [0.2, 0.25) is 0 Å². The Kier molecular flexibility index (Phi) is 4.55. The molecule has 0 N–H and O–H groups in total. The van der Waals surface area contributed by atoms with Crippen LogP contribution in [0.25, 0.3) is 0 Å². The molecule has 1 aromatic heterocycles. The average Bonchev–Trinajstić information content (AvgIpc) is 2.73. The third kappa shape index (κ3) is 2.90. The Bertz CT molecular complexity index is 578. The summed E-state index contributed by atoms with van der Waals surface area (Å²) in [5.41, 5.74) is 3.29. The SMILES string of the molecule is COc1ccc(CN(C)c2c(CCl)c(C)nn2C)cc1. The molecule has 108 valence electrons. The van der Waals surface area contributed by atoms with E-state index in [4.69, 9.17) is 16.3 Å². The van der Waals surface area contributed by atoms with Gasteiger partial charge in [-0.1, -0.05) is 12.1 Å². The molecule has 4 nitrogen and oxygen atoms in total. The van der Waals surface area contributed by atoms with Gasteiger partial charge in [-0.25, -0.2) is 0 Å². The third-order valence-electron chi connectivity index (χ3n) is 3.39. The molecular weight excluding hydrogens is 274 g/mol. The lowest BCUT2D eigenvalue weighted by atomic mass is 10.2. The number of aromatic nitrogens is 2. The molecule has 0 aliphatic heterocycles. The van der Waals surface area contributed by atoms with Crippen LogP contribution < -0.4 is 9.64 Å². The van der Waals surface area contributed by atoms with E-state index in [1.54, 1.807) is 7.11 Å². The van der Waals surface area contributed by atoms with E-state index in [1.807, 2.05) is 30.8 Å². The van der Waals surface area contributed by atoms with Gasteiger partial charge in [-0.05, 0) is 24.6 Å². The Labute approximate surface area is 124 Å². The number of rotatable bonds is 5. The van der Waals surface area contributed by atoms with Crippen LogP contribution in [0.4, 0.5) is 5.82 Å². The lowest BCUT2D eigenvalue weighted by Gasteiger charge is -2.21. The molecule has 0 fully saturated rings. The molecule has 2 rings (SSSR count). The highest BCUT2D eigenvalue weighted by Crippen LogP contribution is 2.25. The predicted molar refractivity (Wildman–Crippen MR) is 82.6 cm³/mol. The zero-order chi connectivity index (χ0) is 14.7. The first-order chi connectivity index (χ1) is 9.56. The van der Waals surface area contributed by atoms with E-state index in [1.165, 1.54) is 5.56 Å². The van der Waals surface area contributed by atoms with Gasteiger partial charge in [0.05, 0.1) is 18.7 Å². The van der Waals surface area contributed by atoms with Gasteiger partial charge in [0.25, 0.3) is 0 Å². The quantitative estimate of drug-likeness (QED) is 0.794. The fourth-order valence-corrected chi connectivity index (χ4v) is 2.72. The van der Waals surface area contributed by atoms with Gasteiger partial charge in [0.2, 0.25) is 0 Å². The molecule has 0 unspecified atom stereocenters. The van der Waals surface area contributed by atoms with E-state index in [2.05, 4.69) is 29.2 Å². The number of ether oxygens (including phenoxy) is 1. The average molecular weight is 294 g/mol. The zero-order valence-corrected chi connectivity index (χ0v) is 13.1. The normalized spacial score (nSPS) is 10.7. The molecule has 0 aliphatic carbocycles. The van der Waals surface area contributed by atoms with Gasteiger partial charge in [0.15, 0.2) is 0 Å². The van der Waals surface area contributed by atoms with Gasteiger partial charge in [-0.15, -0.1) is 11.6 Å². The summed E-state index contributed by atoms with van der Waals surface area (Å²) in [5, 5.41) is 4.44. The van der Waals surface area contributed by atoms with Crippen LogP contribution in [0, 0.1) is 6.92 Å². The maximum absolute atomic E-state index is 6.04. The fourth-order valence-electron chi connectivity index (χ4n) is 2.40. The van der Waals surface area contributed by atoms with Crippen LogP contribution in [-0.2, 0) is 19.5 Å². The van der Waals surface area contributed by atoms with Crippen LogP contribution >= 0.6 is 11.6 Å². The van der Waals surface area contributed by atoms with Crippen molar-refractivity contribution in [1.82, 2.24) is 9.78 Å². The summed E-state index contributed by atoms with van der Waals surface area (Å²) in [6.45, 7) is 2.79. The van der Waals surface area contributed by atoms with Gasteiger partial charge in [0, 0.05) is 26.2 Å². The molecule has 1 aromatic carbocycles. The molecule has 0 atom stereocenters. The maximum atomic E-state index is 6.04. The summed E-state index contributed by atoms with van der Waals surface area (Å²) in [4.78, 5) is 2.17. The maximum Gasteiger partial charge on any atom is 0.131 e. The minimum atomic E-state index is 0.474. The molecule has 0 spiro atoms. The van der Waals surface area contributed by atoms with Crippen molar-refractivity contribution in [1.29, 1.82) is 0 Å². The molecule has 20 heavy (non-hydrogen) atoms. The fraction of sp³-hybridized carbons (Fsp3) is 0.400. The van der Waals surface area contributed by atoms with Crippen molar-refractivity contribution in [2.24, 2.45) is 7.05 Å². The molecular formula is C15H20ClN3O. The Balaban J connectivity index is 2.21. The lowest BCUT2D eigenvalue weighted by Crippen LogP contribution is -2.20. The van der Waals surface area contributed by atoms with Crippen LogP contribution in [0.15, 0.2) is 24.3 Å². The second-order valence-electron chi connectivity index (χ2n) is 4.85. The number of methoxy groups -OCH3 is 1. The lowest BCUT2D eigenvalue weighted by molar-refractivity contribution is 0.414. The third-order valence-corrected chi connectivity index (χ3v) is 3.65. The summed E-state index contributed by atoms with van der Waals surface area (Å²) < 4.78 is 7.06. The molecule has 5 heteroatoms. The summed E-state index contributed by atoms with van der Waals surface area (Å²) in [5.74, 6) is 2.41. The molecule has 0 radical (unpaired) electrons. The molecule has 0 bridgehead atoms. The highest BCUT2D eigenvalue weighted by Gasteiger charge is 2.16. The Morgan fingerprint density at radius 3 is 2.50 bits per heavy atom. The summed E-state index contributed by atoms with van der Waals surface area (Å²) >= 11 is 6.04. The van der Waals surface area contributed by atoms with Crippen LogP contribution in [0.5, 0.6) is 5.75 Å². The summed E-state index contributed by atoms with van der Waals surface area (Å²) in [7, 11) is 5.67. The van der Waals surface area contributed by atoms with Crippen molar-refractivity contribution < 1.29 is 4.74 Å². The number of hydrogen-bond acceptors (Lipinski definition) is 3. The molecule has 0 saturated carbocycles. The first kappa shape index (κ1) is 14.7.